The molecule has 0 bridgehead atoms. The van der Waals surface area contributed by atoms with Gasteiger partial charge < -0.3 is 15.3 Å². The standard InChI is InChI=1S/C22H35NO4/c24-20(14-6-3-1-2-4-7-14)11-10-16-17-12-15-8-5-9-18(22(26)27)23(15)19(17)13-21(16)25/h10-11,14-21,24-25H,1-9,12-13H2,(H,26,27)/b11-10+/t15?,16-,17-,18?,19-,20+,21-/m1/s1. The molecule has 4 rings (SSSR count). The van der Waals surface area contributed by atoms with E-state index in [1.165, 1.54) is 25.7 Å². The van der Waals surface area contributed by atoms with E-state index in [0.717, 1.165) is 38.5 Å². The lowest BCUT2D eigenvalue weighted by Crippen LogP contribution is -2.51. The zero-order chi connectivity index (χ0) is 19.0. The molecule has 5 nitrogen and oxygen atoms in total. The first-order chi connectivity index (χ1) is 13.1. The maximum absolute atomic E-state index is 11.7. The Balaban J connectivity index is 1.44. The quantitative estimate of drug-likeness (QED) is 0.518. The molecule has 2 heterocycles. The van der Waals surface area contributed by atoms with Crippen LogP contribution in [0.15, 0.2) is 12.2 Å². The van der Waals surface area contributed by atoms with Gasteiger partial charge in [-0.05, 0) is 56.8 Å². The van der Waals surface area contributed by atoms with Crippen LogP contribution in [0.5, 0.6) is 0 Å². The molecule has 2 aliphatic carbocycles. The first kappa shape index (κ1) is 19.4. The highest BCUT2D eigenvalue weighted by Crippen LogP contribution is 2.49. The van der Waals surface area contributed by atoms with Gasteiger partial charge in [-0.15, -0.1) is 0 Å². The molecule has 0 amide bonds. The molecule has 0 radical (unpaired) electrons. The Morgan fingerprint density at radius 2 is 1.74 bits per heavy atom. The molecule has 0 aromatic rings. The number of nitrogens with zero attached hydrogens (tertiary/aromatic N) is 1. The fraction of sp³-hybridized carbons (Fsp3) is 0.864. The third-order valence-corrected chi connectivity index (χ3v) is 7.84. The monoisotopic (exact) mass is 377 g/mol. The maximum Gasteiger partial charge on any atom is 0.320 e. The van der Waals surface area contributed by atoms with E-state index in [9.17, 15) is 20.1 Å². The van der Waals surface area contributed by atoms with E-state index >= 15 is 0 Å². The van der Waals surface area contributed by atoms with Crippen molar-refractivity contribution in [2.75, 3.05) is 0 Å². The van der Waals surface area contributed by atoms with E-state index < -0.39 is 18.2 Å². The highest BCUT2D eigenvalue weighted by molar-refractivity contribution is 5.73. The van der Waals surface area contributed by atoms with Gasteiger partial charge in [-0.2, -0.15) is 0 Å². The summed E-state index contributed by atoms with van der Waals surface area (Å²) in [5.74, 6) is 0.0139. The van der Waals surface area contributed by atoms with Crippen LogP contribution in [-0.4, -0.2) is 56.5 Å². The Bertz CT molecular complexity index is 557. The molecule has 0 aromatic carbocycles. The van der Waals surface area contributed by atoms with Gasteiger partial charge in [-0.1, -0.05) is 37.8 Å². The van der Waals surface area contributed by atoms with Crippen LogP contribution in [0, 0.1) is 17.8 Å². The topological polar surface area (TPSA) is 81.0 Å². The summed E-state index contributed by atoms with van der Waals surface area (Å²) >= 11 is 0. The minimum atomic E-state index is -0.711. The number of carboxylic acid groups (broad SMARTS) is 1. The molecule has 5 heteroatoms. The molecule has 2 aliphatic heterocycles. The molecule has 152 valence electrons. The number of piperidine rings is 1. The first-order valence-electron chi connectivity index (χ1n) is 11.1. The third kappa shape index (κ3) is 3.83. The van der Waals surface area contributed by atoms with Crippen molar-refractivity contribution >= 4 is 5.97 Å². The summed E-state index contributed by atoms with van der Waals surface area (Å²) in [6, 6.07) is 0.145. The summed E-state index contributed by atoms with van der Waals surface area (Å²) in [4.78, 5) is 13.9. The summed E-state index contributed by atoms with van der Waals surface area (Å²) in [5, 5.41) is 31.0. The van der Waals surface area contributed by atoms with Gasteiger partial charge in [0.2, 0.25) is 0 Å². The molecule has 3 N–H and O–H groups in total. The highest BCUT2D eigenvalue weighted by Gasteiger charge is 2.54. The van der Waals surface area contributed by atoms with E-state index in [-0.39, 0.29) is 18.0 Å². The predicted octanol–water partition coefficient (Wildman–Crippen LogP) is 2.95. The van der Waals surface area contributed by atoms with Gasteiger partial charge in [0, 0.05) is 18.0 Å². The smallest absolute Gasteiger partial charge is 0.320 e. The number of aliphatic carboxylic acids is 1. The van der Waals surface area contributed by atoms with E-state index in [1.807, 2.05) is 6.08 Å². The zero-order valence-electron chi connectivity index (χ0n) is 16.2. The summed E-state index contributed by atoms with van der Waals surface area (Å²) in [7, 11) is 0. The van der Waals surface area contributed by atoms with Crippen molar-refractivity contribution in [3.8, 4) is 0 Å². The molecule has 4 fully saturated rings. The number of aliphatic hydroxyl groups excluding tert-OH is 2. The van der Waals surface area contributed by atoms with Crippen LogP contribution in [0.3, 0.4) is 0 Å². The Kier molecular flexibility index (Phi) is 5.91. The van der Waals surface area contributed by atoms with E-state index in [2.05, 4.69) is 11.0 Å². The lowest BCUT2D eigenvalue weighted by atomic mass is 9.87. The van der Waals surface area contributed by atoms with Crippen molar-refractivity contribution < 1.29 is 20.1 Å². The Labute approximate surface area is 162 Å². The van der Waals surface area contributed by atoms with Crippen LogP contribution in [0.2, 0.25) is 0 Å². The summed E-state index contributed by atoms with van der Waals surface area (Å²) < 4.78 is 0. The van der Waals surface area contributed by atoms with Crippen molar-refractivity contribution in [2.24, 2.45) is 17.8 Å². The minimum absolute atomic E-state index is 0.0514. The average Bonchev–Trinajstić information content (AvgIpc) is 2.99. The number of aliphatic hydroxyl groups is 2. The number of hydrogen-bond acceptors (Lipinski definition) is 4. The molecule has 0 spiro atoms. The largest absolute Gasteiger partial charge is 0.480 e. The summed E-state index contributed by atoms with van der Waals surface area (Å²) in [6.07, 6.45) is 14.8. The van der Waals surface area contributed by atoms with Gasteiger partial charge in [0.25, 0.3) is 0 Å². The number of carboxylic acids is 1. The van der Waals surface area contributed by atoms with E-state index in [4.69, 9.17) is 0 Å². The second-order valence-corrected chi connectivity index (χ2v) is 9.36. The fourth-order valence-corrected chi connectivity index (χ4v) is 6.51. The molecule has 7 atom stereocenters. The number of rotatable bonds is 4. The SMILES string of the molecule is O=C(O)C1CCCC2C[C@@H]3[C@@H](/C=C/[C@H](O)C4CCCCCC4)[C@H](O)C[C@H]3N21. The number of carbonyl (C=O) groups is 1. The van der Waals surface area contributed by atoms with E-state index in [0.29, 0.717) is 24.3 Å². The molecule has 4 aliphatic rings. The molecular formula is C22H35NO4. The van der Waals surface area contributed by atoms with Crippen LogP contribution >= 0.6 is 0 Å². The van der Waals surface area contributed by atoms with Gasteiger partial charge in [0.15, 0.2) is 0 Å². The van der Waals surface area contributed by atoms with Crippen LogP contribution < -0.4 is 0 Å². The second-order valence-electron chi connectivity index (χ2n) is 9.36. The number of fused-ring (bicyclic) bond motifs is 3. The van der Waals surface area contributed by atoms with Gasteiger partial charge in [-0.25, -0.2) is 0 Å². The van der Waals surface area contributed by atoms with Crippen LogP contribution in [0.4, 0.5) is 0 Å². The maximum atomic E-state index is 11.7. The molecule has 0 aromatic heterocycles. The van der Waals surface area contributed by atoms with Crippen LogP contribution in [0.25, 0.3) is 0 Å². The normalized spacial score (nSPS) is 42.0. The van der Waals surface area contributed by atoms with Gasteiger partial charge in [0.05, 0.1) is 12.2 Å². The van der Waals surface area contributed by atoms with Gasteiger partial charge >= 0.3 is 5.97 Å². The fourth-order valence-electron chi connectivity index (χ4n) is 6.51. The lowest BCUT2D eigenvalue weighted by molar-refractivity contribution is -0.146. The molecule has 2 saturated carbocycles. The van der Waals surface area contributed by atoms with Gasteiger partial charge in [0.1, 0.15) is 6.04 Å². The minimum Gasteiger partial charge on any atom is -0.480 e. The van der Waals surface area contributed by atoms with Crippen LogP contribution in [-0.2, 0) is 4.79 Å². The summed E-state index contributed by atoms with van der Waals surface area (Å²) in [5.41, 5.74) is 0. The molecule has 2 unspecified atom stereocenters. The zero-order valence-corrected chi connectivity index (χ0v) is 16.2. The van der Waals surface area contributed by atoms with Crippen molar-refractivity contribution in [3.63, 3.8) is 0 Å². The molecule has 2 saturated heterocycles. The predicted molar refractivity (Wildman–Crippen MR) is 103 cm³/mol. The number of hydrogen-bond donors (Lipinski definition) is 3. The highest BCUT2D eigenvalue weighted by atomic mass is 16.4. The first-order valence-corrected chi connectivity index (χ1v) is 11.1. The Morgan fingerprint density at radius 1 is 1.00 bits per heavy atom. The second kappa shape index (κ2) is 8.22. The van der Waals surface area contributed by atoms with Crippen molar-refractivity contribution in [2.45, 2.75) is 101 Å². The van der Waals surface area contributed by atoms with Crippen molar-refractivity contribution in [1.29, 1.82) is 0 Å². The molecule has 27 heavy (non-hydrogen) atoms. The van der Waals surface area contributed by atoms with Crippen LogP contribution in [0.1, 0.15) is 70.6 Å². The van der Waals surface area contributed by atoms with Crippen molar-refractivity contribution in [1.82, 2.24) is 4.90 Å². The Morgan fingerprint density at radius 3 is 2.44 bits per heavy atom. The molecular weight excluding hydrogens is 342 g/mol. The Hall–Kier alpha value is -0.910. The average molecular weight is 378 g/mol. The third-order valence-electron chi connectivity index (χ3n) is 7.84. The van der Waals surface area contributed by atoms with Gasteiger partial charge in [-0.3, -0.25) is 9.69 Å². The lowest BCUT2D eigenvalue weighted by Gasteiger charge is -2.38. The van der Waals surface area contributed by atoms with Crippen molar-refractivity contribution in [3.05, 3.63) is 12.2 Å². The summed E-state index contributed by atoms with van der Waals surface area (Å²) in [6.45, 7) is 0. The van der Waals surface area contributed by atoms with E-state index in [1.54, 1.807) is 0 Å².